The molecule has 1 aliphatic heterocycles. The van der Waals surface area contributed by atoms with Crippen molar-refractivity contribution in [2.45, 2.75) is 45.6 Å². The number of nitrogens with one attached hydrogen (secondary N) is 1. The lowest BCUT2D eigenvalue weighted by Gasteiger charge is -2.21. The third-order valence-electron chi connectivity index (χ3n) is 5.34. The number of nitrogens with zero attached hydrogens (tertiary/aromatic N) is 3. The molecule has 3 N–H and O–H groups in total. The summed E-state index contributed by atoms with van der Waals surface area (Å²) >= 11 is 0. The average Bonchev–Trinajstić information content (AvgIpc) is 3.14. The van der Waals surface area contributed by atoms with E-state index < -0.39 is 11.2 Å². The highest BCUT2D eigenvalue weighted by atomic mass is 16.2. The summed E-state index contributed by atoms with van der Waals surface area (Å²) in [4.78, 5) is 54.2. The Labute approximate surface area is 174 Å². The van der Waals surface area contributed by atoms with Gasteiger partial charge in [-0.3, -0.25) is 23.9 Å². The van der Waals surface area contributed by atoms with Gasteiger partial charge in [0.15, 0.2) is 5.69 Å². The molecule has 9 nitrogen and oxygen atoms in total. The first-order valence-corrected chi connectivity index (χ1v) is 10.1. The van der Waals surface area contributed by atoms with Gasteiger partial charge in [-0.2, -0.15) is 0 Å². The van der Waals surface area contributed by atoms with Gasteiger partial charge in [0.05, 0.1) is 6.42 Å². The van der Waals surface area contributed by atoms with E-state index in [1.165, 1.54) is 16.5 Å². The van der Waals surface area contributed by atoms with Gasteiger partial charge in [0, 0.05) is 32.2 Å². The number of anilines is 3. The van der Waals surface area contributed by atoms with E-state index in [0.29, 0.717) is 19.5 Å². The van der Waals surface area contributed by atoms with Gasteiger partial charge in [0.1, 0.15) is 5.82 Å². The summed E-state index contributed by atoms with van der Waals surface area (Å²) in [6.07, 6.45) is 3.03. The predicted octanol–water partition coefficient (Wildman–Crippen LogP) is 1.25. The number of likely N-dealkylation sites (N-methyl/N-ethyl adjacent to an activating group) is 1. The molecule has 1 saturated heterocycles. The van der Waals surface area contributed by atoms with Gasteiger partial charge in [0.2, 0.25) is 11.8 Å². The van der Waals surface area contributed by atoms with E-state index in [-0.39, 0.29) is 29.7 Å². The van der Waals surface area contributed by atoms with Crippen LogP contribution in [0.25, 0.3) is 0 Å². The molecule has 2 amide bonds. The number of carbonyl (C=O) groups is 2. The van der Waals surface area contributed by atoms with Crippen LogP contribution in [0.1, 0.15) is 38.2 Å². The Balaban J connectivity index is 1.78. The van der Waals surface area contributed by atoms with Crippen molar-refractivity contribution in [3.63, 3.8) is 0 Å². The monoisotopic (exact) mass is 413 g/mol. The van der Waals surface area contributed by atoms with Crippen molar-refractivity contribution in [1.29, 1.82) is 0 Å². The van der Waals surface area contributed by atoms with Crippen molar-refractivity contribution in [2.24, 2.45) is 0 Å². The van der Waals surface area contributed by atoms with E-state index >= 15 is 0 Å². The Morgan fingerprint density at radius 1 is 1.20 bits per heavy atom. The number of benzene rings is 1. The van der Waals surface area contributed by atoms with Crippen LogP contribution in [0.15, 0.2) is 33.9 Å². The number of hydrogen-bond donors (Lipinski definition) is 2. The fourth-order valence-electron chi connectivity index (χ4n) is 3.57. The first kappa shape index (κ1) is 21.4. The summed E-state index contributed by atoms with van der Waals surface area (Å²) in [5, 5.41) is 0. The number of aromatic nitrogens is 2. The Hall–Kier alpha value is -3.36. The van der Waals surface area contributed by atoms with Gasteiger partial charge in [-0.1, -0.05) is 25.5 Å². The molecule has 1 aromatic carbocycles. The maximum Gasteiger partial charge on any atom is 0.330 e. The molecule has 0 saturated carbocycles. The number of amides is 2. The van der Waals surface area contributed by atoms with E-state index in [1.807, 2.05) is 19.1 Å². The van der Waals surface area contributed by atoms with E-state index in [9.17, 15) is 19.2 Å². The molecule has 3 rings (SSSR count). The molecule has 1 fully saturated rings. The maximum atomic E-state index is 12.8. The minimum absolute atomic E-state index is 0.0176. The van der Waals surface area contributed by atoms with E-state index in [1.54, 1.807) is 17.0 Å². The molecule has 0 atom stereocenters. The average molecular weight is 413 g/mol. The number of rotatable bonds is 7. The molecule has 1 aromatic heterocycles. The number of hydrogen-bond acceptors (Lipinski definition) is 5. The zero-order chi connectivity index (χ0) is 21.8. The molecular weight excluding hydrogens is 386 g/mol. The summed E-state index contributed by atoms with van der Waals surface area (Å²) in [6, 6.07) is 7.22. The molecule has 0 unspecified atom stereocenters. The molecule has 1 aliphatic rings. The number of H-pyrrole nitrogens is 1. The van der Waals surface area contributed by atoms with Crippen LogP contribution in [0.4, 0.5) is 17.2 Å². The van der Waals surface area contributed by atoms with Crippen LogP contribution in [0, 0.1) is 0 Å². The number of carbonyl (C=O) groups excluding carboxylic acids is 2. The Morgan fingerprint density at radius 3 is 2.50 bits per heavy atom. The maximum absolute atomic E-state index is 12.8. The molecule has 2 heterocycles. The lowest BCUT2D eigenvalue weighted by molar-refractivity contribution is -0.118. The minimum atomic E-state index is -0.691. The molecule has 0 radical (unpaired) electrons. The molecule has 0 aliphatic carbocycles. The van der Waals surface area contributed by atoms with Crippen LogP contribution in [0.5, 0.6) is 0 Å². The van der Waals surface area contributed by atoms with Crippen molar-refractivity contribution in [3.8, 4) is 0 Å². The molecule has 2 aromatic rings. The van der Waals surface area contributed by atoms with Gasteiger partial charge in [-0.25, -0.2) is 4.79 Å². The van der Waals surface area contributed by atoms with E-state index in [2.05, 4.69) is 4.98 Å². The van der Waals surface area contributed by atoms with Crippen LogP contribution >= 0.6 is 0 Å². The summed E-state index contributed by atoms with van der Waals surface area (Å²) in [6.45, 7) is 3.05. The minimum Gasteiger partial charge on any atom is -0.383 e. The van der Waals surface area contributed by atoms with E-state index in [4.69, 9.17) is 5.73 Å². The first-order valence-electron chi connectivity index (χ1n) is 10.1. The third kappa shape index (κ3) is 4.29. The number of nitrogens with two attached hydrogens (primary N) is 1. The lowest BCUT2D eigenvalue weighted by atomic mass is 10.1. The van der Waals surface area contributed by atoms with Gasteiger partial charge in [0.25, 0.3) is 5.56 Å². The SMILES string of the molecule is CCCCn1c(N)c(N(C)C(=O)Cc2ccc(N3CCCC3=O)cc2)c(=O)[nH]c1=O. The van der Waals surface area contributed by atoms with E-state index in [0.717, 1.165) is 30.5 Å². The highest BCUT2D eigenvalue weighted by Gasteiger charge is 2.23. The second kappa shape index (κ2) is 8.98. The van der Waals surface area contributed by atoms with Gasteiger partial charge in [-0.05, 0) is 30.5 Å². The second-order valence-corrected chi connectivity index (χ2v) is 7.44. The van der Waals surface area contributed by atoms with Crippen molar-refractivity contribution in [3.05, 3.63) is 50.7 Å². The fraction of sp³-hybridized carbons (Fsp3) is 0.429. The summed E-state index contributed by atoms with van der Waals surface area (Å²) in [5.41, 5.74) is 6.33. The van der Waals surface area contributed by atoms with Crippen molar-refractivity contribution in [2.75, 3.05) is 29.1 Å². The first-order chi connectivity index (χ1) is 14.3. The molecule has 30 heavy (non-hydrogen) atoms. The summed E-state index contributed by atoms with van der Waals surface area (Å²) in [7, 11) is 1.47. The molecule has 160 valence electrons. The number of nitrogen functional groups attached to an aromatic ring is 1. The van der Waals surface area contributed by atoms with Crippen LogP contribution in [-0.4, -0.2) is 35.0 Å². The summed E-state index contributed by atoms with van der Waals surface area (Å²) < 4.78 is 1.28. The summed E-state index contributed by atoms with van der Waals surface area (Å²) in [5.74, 6) is -0.250. The number of unbranched alkanes of at least 4 members (excludes halogenated alkanes) is 1. The van der Waals surface area contributed by atoms with Crippen LogP contribution in [0.2, 0.25) is 0 Å². The highest BCUT2D eigenvalue weighted by Crippen LogP contribution is 2.22. The van der Waals surface area contributed by atoms with Crippen LogP contribution in [-0.2, 0) is 22.6 Å². The topological polar surface area (TPSA) is 121 Å². The highest BCUT2D eigenvalue weighted by molar-refractivity contribution is 5.97. The molecule has 9 heteroatoms. The largest absolute Gasteiger partial charge is 0.383 e. The zero-order valence-corrected chi connectivity index (χ0v) is 17.3. The molecule has 0 bridgehead atoms. The smallest absolute Gasteiger partial charge is 0.330 e. The van der Waals surface area contributed by atoms with Crippen LogP contribution < -0.4 is 26.8 Å². The third-order valence-corrected chi connectivity index (χ3v) is 5.34. The predicted molar refractivity (Wildman–Crippen MR) is 116 cm³/mol. The van der Waals surface area contributed by atoms with Gasteiger partial charge in [-0.15, -0.1) is 0 Å². The van der Waals surface area contributed by atoms with Crippen molar-refractivity contribution in [1.82, 2.24) is 9.55 Å². The second-order valence-electron chi connectivity index (χ2n) is 7.44. The van der Waals surface area contributed by atoms with Gasteiger partial charge >= 0.3 is 5.69 Å². The Kier molecular flexibility index (Phi) is 6.39. The van der Waals surface area contributed by atoms with Crippen molar-refractivity contribution >= 4 is 29.0 Å². The Morgan fingerprint density at radius 2 is 1.90 bits per heavy atom. The standard InChI is InChI=1S/C21H27N5O4/c1-3-4-11-26-19(22)18(20(29)23-21(26)30)24(2)17(28)13-14-7-9-15(10-8-14)25-12-5-6-16(25)27/h7-10H,3-6,11-13,22H2,1-2H3,(H,23,29,30). The number of aromatic amines is 1. The fourth-order valence-corrected chi connectivity index (χ4v) is 3.57. The normalized spacial score (nSPS) is 13.7. The lowest BCUT2D eigenvalue weighted by Crippen LogP contribution is -2.39. The quantitative estimate of drug-likeness (QED) is 0.708. The molecule has 0 spiro atoms. The zero-order valence-electron chi connectivity index (χ0n) is 17.3. The molecular formula is C21H27N5O4. The van der Waals surface area contributed by atoms with Crippen LogP contribution in [0.3, 0.4) is 0 Å². The van der Waals surface area contributed by atoms with Crippen molar-refractivity contribution < 1.29 is 9.59 Å². The Bertz CT molecular complexity index is 1050. The van der Waals surface area contributed by atoms with Gasteiger partial charge < -0.3 is 15.5 Å².